The van der Waals surface area contributed by atoms with Gasteiger partial charge in [-0.05, 0) is 14.1 Å². The molecule has 1 aromatic rings. The van der Waals surface area contributed by atoms with Crippen LogP contribution < -0.4 is 39.2 Å². The van der Waals surface area contributed by atoms with Crippen LogP contribution in [-0.2, 0) is 13.7 Å². The third-order valence-electron chi connectivity index (χ3n) is 1.95. The zero-order valence-electron chi connectivity index (χ0n) is 9.57. The van der Waals surface area contributed by atoms with E-state index in [0.29, 0.717) is 0 Å². The van der Waals surface area contributed by atoms with Crippen LogP contribution >= 0.6 is 0 Å². The fraction of sp³-hybridized carbons (Fsp3) is 0.667. The van der Waals surface area contributed by atoms with Crippen molar-refractivity contribution in [3.8, 4) is 0 Å². The molecule has 0 spiro atoms. The van der Waals surface area contributed by atoms with Crippen molar-refractivity contribution in [3.05, 3.63) is 18.7 Å². The molecule has 0 fully saturated rings. The highest BCUT2D eigenvalue weighted by molar-refractivity contribution is 4.66. The van der Waals surface area contributed by atoms with Crippen LogP contribution in [-0.4, -0.2) is 36.9 Å². The van der Waals surface area contributed by atoms with Crippen molar-refractivity contribution < 1.29 is 28.5 Å². The van der Waals surface area contributed by atoms with Crippen LogP contribution in [0.15, 0.2) is 18.7 Å². The molecule has 0 aliphatic heterocycles. The van der Waals surface area contributed by atoms with Crippen LogP contribution in [0.3, 0.4) is 0 Å². The molecule has 0 saturated carbocycles. The first-order chi connectivity index (χ1) is 6.76. The van der Waals surface area contributed by atoms with E-state index in [-0.39, 0.29) is 24.0 Å². The quantitative estimate of drug-likeness (QED) is 0.317. The van der Waals surface area contributed by atoms with Gasteiger partial charge in [0.05, 0.1) is 20.4 Å². The van der Waals surface area contributed by atoms with E-state index in [0.717, 1.165) is 20.0 Å². The summed E-state index contributed by atoms with van der Waals surface area (Å²) in [7, 11) is 5.94. The van der Waals surface area contributed by atoms with Gasteiger partial charge in [-0.3, -0.25) is 0 Å². The van der Waals surface area contributed by atoms with E-state index in [2.05, 4.69) is 32.6 Å². The SMILES string of the molecule is CNCN(CNC)Cn1cc[n+](C)c1.[I-]. The molecule has 0 saturated heterocycles. The molecular weight excluding hydrogens is 305 g/mol. The molecule has 2 N–H and O–H groups in total. The predicted molar refractivity (Wildman–Crippen MR) is 55.3 cm³/mol. The maximum absolute atomic E-state index is 3.15. The summed E-state index contributed by atoms with van der Waals surface area (Å²) in [6, 6.07) is 0. The van der Waals surface area contributed by atoms with Crippen LogP contribution in [0.2, 0.25) is 0 Å². The Bertz CT molecular complexity index is 257. The van der Waals surface area contributed by atoms with E-state index in [1.54, 1.807) is 0 Å². The first-order valence-electron chi connectivity index (χ1n) is 4.79. The summed E-state index contributed by atoms with van der Waals surface area (Å²) in [6.07, 6.45) is 6.17. The highest BCUT2D eigenvalue weighted by Crippen LogP contribution is 1.90. The number of hydrogen-bond donors (Lipinski definition) is 2. The Labute approximate surface area is 108 Å². The molecule has 0 aliphatic carbocycles. The number of nitrogens with one attached hydrogen (secondary N) is 2. The van der Waals surface area contributed by atoms with Crippen LogP contribution in [0, 0.1) is 0 Å². The highest BCUT2D eigenvalue weighted by atomic mass is 127. The predicted octanol–water partition coefficient (Wildman–Crippen LogP) is -4.07. The molecule has 0 aromatic carbocycles. The van der Waals surface area contributed by atoms with Crippen molar-refractivity contribution >= 4 is 0 Å². The van der Waals surface area contributed by atoms with Gasteiger partial charge in [0, 0.05) is 0 Å². The number of nitrogens with zero attached hydrogens (tertiary/aromatic N) is 3. The normalized spacial score (nSPS) is 10.4. The summed E-state index contributed by atoms with van der Waals surface area (Å²) >= 11 is 0. The lowest BCUT2D eigenvalue weighted by Crippen LogP contribution is -3.00. The van der Waals surface area contributed by atoms with Gasteiger partial charge in [-0.25, -0.2) is 14.0 Å². The second-order valence-electron chi connectivity index (χ2n) is 3.43. The Hall–Kier alpha value is -0.180. The molecule has 0 aliphatic rings. The largest absolute Gasteiger partial charge is 1.00 e. The second kappa shape index (κ2) is 8.03. The van der Waals surface area contributed by atoms with Crippen LogP contribution in [0.5, 0.6) is 0 Å². The average Bonchev–Trinajstić information content (AvgIpc) is 2.52. The van der Waals surface area contributed by atoms with Crippen molar-refractivity contribution in [2.24, 2.45) is 7.05 Å². The molecule has 5 nitrogen and oxygen atoms in total. The number of imidazole rings is 1. The monoisotopic (exact) mass is 325 g/mol. The molecule has 1 aromatic heterocycles. The summed E-state index contributed by atoms with van der Waals surface area (Å²) in [5.74, 6) is 0. The van der Waals surface area contributed by atoms with Gasteiger partial charge in [-0.2, -0.15) is 0 Å². The van der Waals surface area contributed by atoms with Crippen LogP contribution in [0.1, 0.15) is 0 Å². The molecule has 15 heavy (non-hydrogen) atoms. The van der Waals surface area contributed by atoms with Crippen molar-refractivity contribution in [2.75, 3.05) is 27.4 Å². The topological polar surface area (TPSA) is 36.1 Å². The van der Waals surface area contributed by atoms with E-state index >= 15 is 0 Å². The number of rotatable bonds is 6. The summed E-state index contributed by atoms with van der Waals surface area (Å²) in [6.45, 7) is 2.65. The van der Waals surface area contributed by atoms with E-state index in [1.807, 2.05) is 31.9 Å². The van der Waals surface area contributed by atoms with Gasteiger partial charge in [0.2, 0.25) is 6.33 Å². The smallest absolute Gasteiger partial charge is 0.244 e. The minimum Gasteiger partial charge on any atom is -1.00 e. The average molecular weight is 325 g/mol. The van der Waals surface area contributed by atoms with E-state index in [1.165, 1.54) is 0 Å². The molecule has 1 rings (SSSR count). The first kappa shape index (κ1) is 14.8. The lowest BCUT2D eigenvalue weighted by Gasteiger charge is -2.18. The van der Waals surface area contributed by atoms with Gasteiger partial charge in [-0.15, -0.1) is 0 Å². The molecule has 0 bridgehead atoms. The summed E-state index contributed by atoms with van der Waals surface area (Å²) in [5, 5.41) is 6.29. The van der Waals surface area contributed by atoms with Crippen molar-refractivity contribution in [1.29, 1.82) is 0 Å². The molecule has 0 atom stereocenters. The Morgan fingerprint density at radius 1 is 1.27 bits per heavy atom. The number of aryl methyl sites for hydroxylation is 1. The van der Waals surface area contributed by atoms with Gasteiger partial charge >= 0.3 is 0 Å². The van der Waals surface area contributed by atoms with Crippen molar-refractivity contribution in [1.82, 2.24) is 20.1 Å². The summed E-state index contributed by atoms with van der Waals surface area (Å²) < 4.78 is 4.19. The molecule has 0 amide bonds. The molecule has 0 unspecified atom stereocenters. The molecule has 0 radical (unpaired) electrons. The maximum atomic E-state index is 3.15. The lowest BCUT2D eigenvalue weighted by atomic mass is 10.7. The lowest BCUT2D eigenvalue weighted by molar-refractivity contribution is -0.671. The Morgan fingerprint density at radius 2 is 1.87 bits per heavy atom. The zero-order chi connectivity index (χ0) is 10.4. The van der Waals surface area contributed by atoms with Gasteiger partial charge in [-0.1, -0.05) is 0 Å². The Morgan fingerprint density at radius 3 is 2.27 bits per heavy atom. The fourth-order valence-corrected chi connectivity index (χ4v) is 1.42. The maximum Gasteiger partial charge on any atom is 0.244 e. The molecular formula is C9H20IN5. The van der Waals surface area contributed by atoms with Gasteiger partial charge in [0.1, 0.15) is 19.1 Å². The number of hydrogen-bond acceptors (Lipinski definition) is 3. The minimum absolute atomic E-state index is 0. The van der Waals surface area contributed by atoms with Gasteiger partial charge < -0.3 is 34.6 Å². The summed E-state index contributed by atoms with van der Waals surface area (Å²) in [4.78, 5) is 2.26. The standard InChI is InChI=1S/C9H20N5.HI/c1-10-6-14(7-11-2)9-13-5-4-12(3)8-13;/h4-5,8,10-11H,6-7,9H2,1-3H3;1H/q+1;/p-1. The molecule has 6 heteroatoms. The Balaban J connectivity index is 0.00000196. The third kappa shape index (κ3) is 5.45. The Kier molecular flexibility index (Phi) is 7.93. The summed E-state index contributed by atoms with van der Waals surface area (Å²) in [5.41, 5.74) is 0. The first-order valence-corrected chi connectivity index (χ1v) is 4.79. The van der Waals surface area contributed by atoms with E-state index in [9.17, 15) is 0 Å². The van der Waals surface area contributed by atoms with Crippen LogP contribution in [0.4, 0.5) is 0 Å². The number of halogens is 1. The van der Waals surface area contributed by atoms with E-state index in [4.69, 9.17) is 0 Å². The highest BCUT2D eigenvalue weighted by Gasteiger charge is 2.06. The third-order valence-corrected chi connectivity index (χ3v) is 1.95. The number of aromatic nitrogens is 2. The molecule has 88 valence electrons. The zero-order valence-corrected chi connectivity index (χ0v) is 11.7. The van der Waals surface area contributed by atoms with Crippen molar-refractivity contribution in [2.45, 2.75) is 6.67 Å². The van der Waals surface area contributed by atoms with Crippen LogP contribution in [0.25, 0.3) is 0 Å². The molecule has 1 heterocycles. The fourth-order valence-electron chi connectivity index (χ4n) is 1.42. The van der Waals surface area contributed by atoms with E-state index < -0.39 is 0 Å². The van der Waals surface area contributed by atoms with Crippen molar-refractivity contribution in [3.63, 3.8) is 0 Å². The van der Waals surface area contributed by atoms with Gasteiger partial charge in [0.25, 0.3) is 0 Å². The minimum atomic E-state index is 0. The van der Waals surface area contributed by atoms with Gasteiger partial charge in [0.15, 0.2) is 0 Å². The second-order valence-corrected chi connectivity index (χ2v) is 3.43.